The number of aromatic nitrogens is 2. The van der Waals surface area contributed by atoms with E-state index in [0.29, 0.717) is 23.9 Å². The second-order valence-electron chi connectivity index (χ2n) is 9.87. The summed E-state index contributed by atoms with van der Waals surface area (Å²) in [5.74, 6) is 1.86. The highest BCUT2D eigenvalue weighted by atomic mass is 19.1. The molecule has 1 aromatic heterocycles. The van der Waals surface area contributed by atoms with Crippen LogP contribution in [0.15, 0.2) is 36.7 Å². The minimum absolute atomic E-state index is 0.0662. The second-order valence-corrected chi connectivity index (χ2v) is 9.87. The molecule has 4 heteroatoms. The molecule has 0 saturated carbocycles. The predicted octanol–water partition coefficient (Wildman–Crippen LogP) is 9.15. The van der Waals surface area contributed by atoms with Gasteiger partial charge in [0.2, 0.25) is 0 Å². The van der Waals surface area contributed by atoms with Gasteiger partial charge in [0.25, 0.3) is 0 Å². The van der Waals surface area contributed by atoms with Crippen molar-refractivity contribution < 1.29 is 9.13 Å². The number of ether oxygens (including phenoxy) is 1. The standard InChI is InChI=1S/C30H47FN2O/c1-4-6-7-8-9-10-11-12-13-16-26-18-20-27(21-19-26)30-32-22-29(23-33-30)34-24-28(31)17-14-15-25(3)5-2/h18-23,25,28H,4-17,24H2,1-3H3. The number of hydrogen-bond acceptors (Lipinski definition) is 3. The van der Waals surface area contributed by atoms with Crippen LogP contribution >= 0.6 is 0 Å². The summed E-state index contributed by atoms with van der Waals surface area (Å²) >= 11 is 0. The van der Waals surface area contributed by atoms with E-state index in [2.05, 4.69) is 55.0 Å². The summed E-state index contributed by atoms with van der Waals surface area (Å²) in [6, 6.07) is 8.55. The van der Waals surface area contributed by atoms with Crippen LogP contribution in [0.25, 0.3) is 11.4 Å². The van der Waals surface area contributed by atoms with E-state index in [-0.39, 0.29) is 6.61 Å². The SMILES string of the molecule is CCCCCCCCCCCc1ccc(-c2ncc(OCC(F)CCCC(C)CC)cn2)cc1. The molecule has 190 valence electrons. The molecule has 0 spiro atoms. The van der Waals surface area contributed by atoms with Gasteiger partial charge >= 0.3 is 0 Å². The molecule has 0 fully saturated rings. The van der Waals surface area contributed by atoms with E-state index in [1.54, 1.807) is 12.4 Å². The van der Waals surface area contributed by atoms with Gasteiger partial charge in [0.1, 0.15) is 12.8 Å². The van der Waals surface area contributed by atoms with Crippen LogP contribution in [0, 0.1) is 5.92 Å². The van der Waals surface area contributed by atoms with Crippen molar-refractivity contribution in [2.24, 2.45) is 5.92 Å². The average molecular weight is 471 g/mol. The third-order valence-corrected chi connectivity index (χ3v) is 6.75. The Labute approximate surface area is 208 Å². The van der Waals surface area contributed by atoms with Gasteiger partial charge in [0.15, 0.2) is 11.6 Å². The molecule has 0 aliphatic rings. The van der Waals surface area contributed by atoms with Crippen LogP contribution in [0.4, 0.5) is 4.39 Å². The maximum absolute atomic E-state index is 14.1. The summed E-state index contributed by atoms with van der Waals surface area (Å²) in [6.45, 7) is 6.73. The number of alkyl halides is 1. The normalized spacial score (nSPS) is 13.1. The quantitative estimate of drug-likeness (QED) is 0.192. The average Bonchev–Trinajstić information content (AvgIpc) is 2.87. The Bertz CT molecular complexity index is 747. The largest absolute Gasteiger partial charge is 0.487 e. The lowest BCUT2D eigenvalue weighted by Gasteiger charge is -2.12. The number of aryl methyl sites for hydroxylation is 1. The fourth-order valence-corrected chi connectivity index (χ4v) is 4.16. The zero-order valence-electron chi connectivity index (χ0n) is 21.9. The fourth-order valence-electron chi connectivity index (χ4n) is 4.16. The topological polar surface area (TPSA) is 35.0 Å². The van der Waals surface area contributed by atoms with Gasteiger partial charge < -0.3 is 4.74 Å². The van der Waals surface area contributed by atoms with E-state index < -0.39 is 6.17 Å². The van der Waals surface area contributed by atoms with Gasteiger partial charge in [-0.15, -0.1) is 0 Å². The Hall–Kier alpha value is -1.97. The Morgan fingerprint density at radius 3 is 2.03 bits per heavy atom. The van der Waals surface area contributed by atoms with Crippen LogP contribution in [-0.2, 0) is 6.42 Å². The lowest BCUT2D eigenvalue weighted by atomic mass is 10.0. The summed E-state index contributed by atoms with van der Waals surface area (Å²) in [4.78, 5) is 8.83. The summed E-state index contributed by atoms with van der Waals surface area (Å²) in [7, 11) is 0. The molecule has 0 aliphatic carbocycles. The molecular weight excluding hydrogens is 423 g/mol. The van der Waals surface area contributed by atoms with Crippen LogP contribution in [0.2, 0.25) is 0 Å². The Kier molecular flexibility index (Phi) is 14.5. The molecule has 0 saturated heterocycles. The van der Waals surface area contributed by atoms with E-state index >= 15 is 0 Å². The highest BCUT2D eigenvalue weighted by molar-refractivity contribution is 5.55. The first kappa shape index (κ1) is 28.3. The molecule has 0 radical (unpaired) electrons. The van der Waals surface area contributed by atoms with E-state index in [1.165, 1.54) is 63.4 Å². The molecule has 0 bridgehead atoms. The van der Waals surface area contributed by atoms with Crippen molar-refractivity contribution in [3.8, 4) is 17.1 Å². The molecule has 34 heavy (non-hydrogen) atoms. The van der Waals surface area contributed by atoms with Crippen molar-refractivity contribution in [3.63, 3.8) is 0 Å². The van der Waals surface area contributed by atoms with Crippen LogP contribution in [0.3, 0.4) is 0 Å². The highest BCUT2D eigenvalue weighted by Crippen LogP contribution is 2.20. The minimum atomic E-state index is -0.943. The monoisotopic (exact) mass is 470 g/mol. The number of hydrogen-bond donors (Lipinski definition) is 0. The van der Waals surface area contributed by atoms with Crippen molar-refractivity contribution in [3.05, 3.63) is 42.2 Å². The Balaban J connectivity index is 1.64. The van der Waals surface area contributed by atoms with Crippen LogP contribution < -0.4 is 4.74 Å². The summed E-state index contributed by atoms with van der Waals surface area (Å²) < 4.78 is 19.6. The summed E-state index contributed by atoms with van der Waals surface area (Å²) in [6.07, 6.45) is 19.4. The number of rotatable bonds is 19. The molecule has 1 aromatic carbocycles. The van der Waals surface area contributed by atoms with Gasteiger partial charge in [-0.25, -0.2) is 14.4 Å². The Morgan fingerprint density at radius 2 is 1.41 bits per heavy atom. The second kappa shape index (κ2) is 17.5. The molecule has 0 N–H and O–H groups in total. The van der Waals surface area contributed by atoms with Crippen molar-refractivity contribution in [2.45, 2.75) is 117 Å². The van der Waals surface area contributed by atoms with E-state index in [9.17, 15) is 4.39 Å². The molecule has 0 aliphatic heterocycles. The first-order valence-electron chi connectivity index (χ1n) is 13.8. The van der Waals surface area contributed by atoms with Gasteiger partial charge in [-0.1, -0.05) is 116 Å². The summed E-state index contributed by atoms with van der Waals surface area (Å²) in [5.41, 5.74) is 2.37. The molecule has 1 heterocycles. The van der Waals surface area contributed by atoms with E-state index in [4.69, 9.17) is 4.74 Å². The number of benzene rings is 1. The van der Waals surface area contributed by atoms with Crippen LogP contribution in [0.1, 0.15) is 110 Å². The maximum Gasteiger partial charge on any atom is 0.159 e. The minimum Gasteiger partial charge on any atom is -0.487 e. The molecule has 2 rings (SSSR count). The first-order valence-corrected chi connectivity index (χ1v) is 13.8. The van der Waals surface area contributed by atoms with E-state index in [1.807, 2.05) is 0 Å². The molecular formula is C30H47FN2O. The molecule has 0 amide bonds. The van der Waals surface area contributed by atoms with Gasteiger partial charge in [0, 0.05) is 5.56 Å². The van der Waals surface area contributed by atoms with Crippen LogP contribution in [0.5, 0.6) is 5.75 Å². The fraction of sp³-hybridized carbons (Fsp3) is 0.667. The van der Waals surface area contributed by atoms with Crippen LogP contribution in [-0.4, -0.2) is 22.7 Å². The molecule has 2 unspecified atom stereocenters. The number of nitrogens with zero attached hydrogens (tertiary/aromatic N) is 2. The third kappa shape index (κ3) is 11.9. The van der Waals surface area contributed by atoms with Gasteiger partial charge in [0.05, 0.1) is 12.4 Å². The summed E-state index contributed by atoms with van der Waals surface area (Å²) in [5, 5.41) is 0. The molecule has 2 aromatic rings. The van der Waals surface area contributed by atoms with Crippen molar-refractivity contribution in [2.75, 3.05) is 6.61 Å². The van der Waals surface area contributed by atoms with Gasteiger partial charge in [-0.3, -0.25) is 0 Å². The van der Waals surface area contributed by atoms with Gasteiger partial charge in [-0.05, 0) is 30.7 Å². The zero-order chi connectivity index (χ0) is 24.4. The highest BCUT2D eigenvalue weighted by Gasteiger charge is 2.10. The maximum atomic E-state index is 14.1. The lowest BCUT2D eigenvalue weighted by molar-refractivity contribution is 0.181. The lowest BCUT2D eigenvalue weighted by Crippen LogP contribution is -2.13. The van der Waals surface area contributed by atoms with Crippen molar-refractivity contribution in [1.29, 1.82) is 0 Å². The van der Waals surface area contributed by atoms with E-state index in [0.717, 1.165) is 31.2 Å². The van der Waals surface area contributed by atoms with Crippen molar-refractivity contribution >= 4 is 0 Å². The number of unbranched alkanes of at least 4 members (excludes halogenated alkanes) is 8. The number of halogens is 1. The smallest absolute Gasteiger partial charge is 0.159 e. The Morgan fingerprint density at radius 1 is 0.794 bits per heavy atom. The zero-order valence-corrected chi connectivity index (χ0v) is 21.9. The molecule has 2 atom stereocenters. The predicted molar refractivity (Wildman–Crippen MR) is 142 cm³/mol. The van der Waals surface area contributed by atoms with Gasteiger partial charge in [-0.2, -0.15) is 0 Å². The van der Waals surface area contributed by atoms with Crippen molar-refractivity contribution in [1.82, 2.24) is 9.97 Å². The first-order chi connectivity index (χ1) is 16.6. The third-order valence-electron chi connectivity index (χ3n) is 6.75. The molecule has 3 nitrogen and oxygen atoms in total.